The van der Waals surface area contributed by atoms with Crippen molar-refractivity contribution >= 4 is 25.6 Å². The molecule has 0 heterocycles. The summed E-state index contributed by atoms with van der Waals surface area (Å²) in [4.78, 5) is 11.3. The van der Waals surface area contributed by atoms with Gasteiger partial charge >= 0.3 is 5.97 Å². The molecule has 0 aliphatic heterocycles. The highest BCUT2D eigenvalue weighted by Crippen LogP contribution is 2.23. The van der Waals surface area contributed by atoms with Gasteiger partial charge in [-0.2, -0.15) is 0 Å². The van der Waals surface area contributed by atoms with E-state index in [0.717, 1.165) is 50.5 Å². The molecule has 4 N–H and O–H groups in total. The number of hydrogen-bond donors (Lipinski definition) is 3. The minimum atomic E-state index is -4.05. The zero-order chi connectivity index (χ0) is 21.1. The predicted molar refractivity (Wildman–Crippen MR) is 102 cm³/mol. The summed E-state index contributed by atoms with van der Waals surface area (Å²) in [5.41, 5.74) is 0. The van der Waals surface area contributed by atoms with Gasteiger partial charge in [0.15, 0.2) is 24.9 Å². The lowest BCUT2D eigenvalue weighted by Gasteiger charge is -2.14. The Labute approximate surface area is 161 Å². The topological polar surface area (TPSA) is 152 Å². The second-order valence-electron chi connectivity index (χ2n) is 6.17. The average Bonchev–Trinajstić information content (AvgIpc) is 2.61. The van der Waals surface area contributed by atoms with E-state index in [1.165, 1.54) is 12.1 Å². The Hall–Kier alpha value is -1.49. The quantitative estimate of drug-likeness (QED) is 0.362. The highest BCUT2D eigenvalue weighted by molar-refractivity contribution is 7.92. The summed E-state index contributed by atoms with van der Waals surface area (Å²) in [6.07, 6.45) is 6.65. The lowest BCUT2D eigenvalue weighted by atomic mass is 10.1. The molecule has 1 aromatic carbocycles. The molecule has 0 bridgehead atoms. The molecule has 1 unspecified atom stereocenters. The van der Waals surface area contributed by atoms with Crippen LogP contribution < -0.4 is 5.90 Å². The first kappa shape index (κ1) is 25.5. The van der Waals surface area contributed by atoms with E-state index in [1.54, 1.807) is 0 Å². The van der Waals surface area contributed by atoms with Gasteiger partial charge in [-0.05, 0) is 30.7 Å². The molecular formula is C17H29NO7S2. The molecule has 1 aromatic rings. The summed E-state index contributed by atoms with van der Waals surface area (Å²) in [6.45, 7) is 2.10. The standard InChI is InChI=1S/C17H26O6S2.H3NO/c1-3-4-5-6-7-8-9-16(17(18)19)25(22,23)15-12-10-14(11-13-15)24(2,20)21;1-2/h10-13,16H,3-9H2,1-2H3,(H,18,19);2H,1H2. The van der Waals surface area contributed by atoms with Gasteiger partial charge in [0.1, 0.15) is 0 Å². The van der Waals surface area contributed by atoms with Crippen molar-refractivity contribution in [2.75, 3.05) is 6.26 Å². The number of sulfone groups is 2. The molecule has 0 amide bonds. The number of benzene rings is 1. The molecule has 0 aromatic heterocycles. The number of nitrogens with two attached hydrogens (primary N) is 1. The monoisotopic (exact) mass is 423 g/mol. The molecule has 0 aliphatic rings. The third-order valence-corrected chi connectivity index (χ3v) is 7.29. The number of carboxylic acid groups (broad SMARTS) is 1. The number of unbranched alkanes of at least 4 members (excludes halogenated alkanes) is 5. The van der Waals surface area contributed by atoms with Crippen LogP contribution in [0.5, 0.6) is 0 Å². The Balaban J connectivity index is 0.00000326. The lowest BCUT2D eigenvalue weighted by molar-refractivity contribution is -0.136. The number of hydrogen-bond acceptors (Lipinski definition) is 7. The summed E-state index contributed by atoms with van der Waals surface area (Å²) < 4.78 is 48.0. The van der Waals surface area contributed by atoms with Gasteiger partial charge in [-0.3, -0.25) is 4.79 Å². The Morgan fingerprint density at radius 1 is 0.926 bits per heavy atom. The fraction of sp³-hybridized carbons (Fsp3) is 0.588. The third kappa shape index (κ3) is 8.37. The van der Waals surface area contributed by atoms with Gasteiger partial charge in [0, 0.05) is 6.26 Å². The van der Waals surface area contributed by atoms with Crippen LogP contribution in [0.3, 0.4) is 0 Å². The van der Waals surface area contributed by atoms with Crippen LogP contribution in [0.25, 0.3) is 0 Å². The first-order valence-electron chi connectivity index (χ1n) is 8.63. The van der Waals surface area contributed by atoms with E-state index in [4.69, 9.17) is 5.21 Å². The SMILES string of the molecule is CCCCCCCCC(C(=O)O)S(=O)(=O)c1ccc(S(C)(=O)=O)cc1.NO. The summed E-state index contributed by atoms with van der Waals surface area (Å²) in [5, 5.41) is 14.3. The zero-order valence-corrected chi connectivity index (χ0v) is 17.3. The van der Waals surface area contributed by atoms with E-state index in [2.05, 4.69) is 12.8 Å². The molecule has 1 atom stereocenters. The van der Waals surface area contributed by atoms with E-state index in [0.29, 0.717) is 6.42 Å². The highest BCUT2D eigenvalue weighted by Gasteiger charge is 2.33. The van der Waals surface area contributed by atoms with E-state index in [-0.39, 0.29) is 16.2 Å². The molecular weight excluding hydrogens is 394 g/mol. The maximum Gasteiger partial charge on any atom is 0.322 e. The number of rotatable bonds is 11. The van der Waals surface area contributed by atoms with Gasteiger partial charge in [-0.25, -0.2) is 22.7 Å². The minimum absolute atomic E-state index is 0.00532. The van der Waals surface area contributed by atoms with Gasteiger partial charge in [0.2, 0.25) is 0 Å². The van der Waals surface area contributed by atoms with Crippen LogP contribution in [0.4, 0.5) is 0 Å². The van der Waals surface area contributed by atoms with Crippen LogP contribution in [0.2, 0.25) is 0 Å². The first-order chi connectivity index (χ1) is 12.6. The molecule has 156 valence electrons. The normalized spacial score (nSPS) is 12.7. The molecule has 0 spiro atoms. The van der Waals surface area contributed by atoms with Crippen LogP contribution >= 0.6 is 0 Å². The van der Waals surface area contributed by atoms with E-state index in [9.17, 15) is 26.7 Å². The molecule has 0 aliphatic carbocycles. The van der Waals surface area contributed by atoms with Crippen LogP contribution in [0.1, 0.15) is 51.9 Å². The fourth-order valence-corrected chi connectivity index (χ4v) is 4.78. The van der Waals surface area contributed by atoms with E-state index < -0.39 is 30.9 Å². The average molecular weight is 424 g/mol. The van der Waals surface area contributed by atoms with E-state index >= 15 is 0 Å². The molecule has 0 saturated heterocycles. The summed E-state index contributed by atoms with van der Waals surface area (Å²) in [7, 11) is -7.49. The summed E-state index contributed by atoms with van der Waals surface area (Å²) in [5.74, 6) is 2.13. The van der Waals surface area contributed by atoms with Gasteiger partial charge in [-0.15, -0.1) is 0 Å². The molecule has 0 fully saturated rings. The van der Waals surface area contributed by atoms with Crippen molar-refractivity contribution in [1.29, 1.82) is 0 Å². The molecule has 10 heteroatoms. The second kappa shape index (κ2) is 12.1. The second-order valence-corrected chi connectivity index (χ2v) is 10.3. The Morgan fingerprint density at radius 3 is 1.81 bits per heavy atom. The maximum absolute atomic E-state index is 12.6. The maximum atomic E-state index is 12.6. The number of carbonyl (C=O) groups is 1. The lowest BCUT2D eigenvalue weighted by Crippen LogP contribution is -2.30. The van der Waals surface area contributed by atoms with Crippen molar-refractivity contribution in [2.45, 2.75) is 66.9 Å². The van der Waals surface area contributed by atoms with Crippen molar-refractivity contribution in [3.63, 3.8) is 0 Å². The Bertz CT molecular complexity index is 772. The molecule has 27 heavy (non-hydrogen) atoms. The third-order valence-electron chi connectivity index (χ3n) is 4.05. The van der Waals surface area contributed by atoms with Crippen LogP contribution in [0.15, 0.2) is 34.1 Å². The van der Waals surface area contributed by atoms with Gasteiger partial charge in [-0.1, -0.05) is 45.4 Å². The van der Waals surface area contributed by atoms with E-state index in [1.807, 2.05) is 0 Å². The van der Waals surface area contributed by atoms with Crippen LogP contribution in [0, 0.1) is 0 Å². The van der Waals surface area contributed by atoms with Crippen molar-refractivity contribution in [3.8, 4) is 0 Å². The van der Waals surface area contributed by atoms with Crippen molar-refractivity contribution in [2.24, 2.45) is 5.90 Å². The van der Waals surface area contributed by atoms with Crippen LogP contribution in [-0.4, -0.2) is 44.6 Å². The Morgan fingerprint density at radius 2 is 1.37 bits per heavy atom. The number of carboxylic acids is 1. The Kier molecular flexibility index (Phi) is 11.4. The van der Waals surface area contributed by atoms with Gasteiger partial charge < -0.3 is 10.3 Å². The van der Waals surface area contributed by atoms with Crippen LogP contribution in [-0.2, 0) is 24.5 Å². The van der Waals surface area contributed by atoms with Gasteiger partial charge in [0.25, 0.3) is 0 Å². The molecule has 8 nitrogen and oxygen atoms in total. The largest absolute Gasteiger partial charge is 0.480 e. The molecule has 1 rings (SSSR count). The molecule has 0 saturated carbocycles. The number of aliphatic carboxylic acids is 1. The zero-order valence-electron chi connectivity index (χ0n) is 15.7. The van der Waals surface area contributed by atoms with Crippen molar-refractivity contribution in [3.05, 3.63) is 24.3 Å². The first-order valence-corrected chi connectivity index (χ1v) is 12.1. The predicted octanol–water partition coefficient (Wildman–Crippen LogP) is 2.40. The van der Waals surface area contributed by atoms with Gasteiger partial charge in [0.05, 0.1) is 9.79 Å². The van der Waals surface area contributed by atoms with Crippen molar-refractivity contribution < 1.29 is 31.9 Å². The fourth-order valence-electron chi connectivity index (χ4n) is 2.56. The molecule has 0 radical (unpaired) electrons. The van der Waals surface area contributed by atoms with Crippen molar-refractivity contribution in [1.82, 2.24) is 0 Å². The minimum Gasteiger partial charge on any atom is -0.480 e. The highest BCUT2D eigenvalue weighted by atomic mass is 32.2. The summed E-state index contributed by atoms with van der Waals surface area (Å²) >= 11 is 0. The summed E-state index contributed by atoms with van der Waals surface area (Å²) in [6, 6.07) is 4.68. The smallest absolute Gasteiger partial charge is 0.322 e.